The van der Waals surface area contributed by atoms with Crippen molar-refractivity contribution in [3.8, 4) is 0 Å². The second-order valence-corrected chi connectivity index (χ2v) is 6.44. The van der Waals surface area contributed by atoms with Gasteiger partial charge in [-0.1, -0.05) is 20.8 Å². The van der Waals surface area contributed by atoms with Crippen LogP contribution < -0.4 is 0 Å². The van der Waals surface area contributed by atoms with Crippen LogP contribution in [-0.2, 0) is 10.0 Å². The minimum atomic E-state index is -3.21. The zero-order chi connectivity index (χ0) is 10.7. The van der Waals surface area contributed by atoms with Gasteiger partial charge in [-0.15, -0.1) is 0 Å². The zero-order valence-corrected chi connectivity index (χ0v) is 9.56. The van der Waals surface area contributed by atoms with Crippen LogP contribution in [0.15, 0.2) is 0 Å². The summed E-state index contributed by atoms with van der Waals surface area (Å²) in [5, 5.41) is 8.59. The minimum absolute atomic E-state index is 0.108. The second-order valence-electron chi connectivity index (χ2n) is 4.36. The fraction of sp³-hybridized carbons (Fsp3) is 1.00. The van der Waals surface area contributed by atoms with Gasteiger partial charge in [-0.3, -0.25) is 0 Å². The van der Waals surface area contributed by atoms with Gasteiger partial charge < -0.3 is 5.11 Å². The summed E-state index contributed by atoms with van der Waals surface area (Å²) in [6.45, 7) is 5.64. The average molecular weight is 209 g/mol. The smallest absolute Gasteiger partial charge is 0.214 e. The van der Waals surface area contributed by atoms with E-state index in [0.717, 1.165) is 0 Å². The standard InChI is InChI=1S/C8H19NO3S/c1-8(2,3)7-13(11,12)9(4)5-6-10/h10H,5-7H2,1-4H3. The van der Waals surface area contributed by atoms with E-state index in [-0.39, 0.29) is 24.3 Å². The van der Waals surface area contributed by atoms with E-state index in [9.17, 15) is 8.42 Å². The second kappa shape index (κ2) is 4.39. The number of hydrogen-bond donors (Lipinski definition) is 1. The van der Waals surface area contributed by atoms with Crippen LogP contribution in [-0.4, -0.2) is 43.8 Å². The number of sulfonamides is 1. The molecule has 0 aliphatic carbocycles. The molecule has 13 heavy (non-hydrogen) atoms. The minimum Gasteiger partial charge on any atom is -0.395 e. The van der Waals surface area contributed by atoms with Gasteiger partial charge in [0.05, 0.1) is 12.4 Å². The summed E-state index contributed by atoms with van der Waals surface area (Å²) >= 11 is 0. The molecule has 0 aromatic heterocycles. The molecule has 0 aromatic rings. The van der Waals surface area contributed by atoms with Crippen molar-refractivity contribution in [3.05, 3.63) is 0 Å². The Bertz CT molecular complexity index is 241. The zero-order valence-electron chi connectivity index (χ0n) is 8.74. The summed E-state index contributed by atoms with van der Waals surface area (Å²) in [5.74, 6) is 0.108. The summed E-state index contributed by atoms with van der Waals surface area (Å²) < 4.78 is 24.3. The van der Waals surface area contributed by atoms with Crippen LogP contribution in [0.4, 0.5) is 0 Å². The number of hydrogen-bond acceptors (Lipinski definition) is 3. The molecular weight excluding hydrogens is 190 g/mol. The number of aliphatic hydroxyl groups is 1. The predicted molar refractivity (Wildman–Crippen MR) is 53.0 cm³/mol. The lowest BCUT2D eigenvalue weighted by Gasteiger charge is -2.23. The highest BCUT2D eigenvalue weighted by Gasteiger charge is 2.24. The van der Waals surface area contributed by atoms with Crippen LogP contribution in [0, 0.1) is 5.41 Å². The molecule has 0 aromatic carbocycles. The first-order chi connectivity index (χ1) is 5.69. The van der Waals surface area contributed by atoms with Crippen molar-refractivity contribution in [2.24, 2.45) is 5.41 Å². The molecule has 0 radical (unpaired) electrons. The first kappa shape index (κ1) is 12.9. The van der Waals surface area contributed by atoms with E-state index in [1.54, 1.807) is 0 Å². The Kier molecular flexibility index (Phi) is 4.35. The third-order valence-corrected chi connectivity index (χ3v) is 3.87. The molecule has 80 valence electrons. The van der Waals surface area contributed by atoms with Gasteiger partial charge in [0.15, 0.2) is 0 Å². The monoisotopic (exact) mass is 209 g/mol. The third-order valence-electron chi connectivity index (χ3n) is 1.51. The first-order valence-electron chi connectivity index (χ1n) is 4.24. The molecule has 0 fully saturated rings. The van der Waals surface area contributed by atoms with Gasteiger partial charge in [0.25, 0.3) is 0 Å². The summed E-state index contributed by atoms with van der Waals surface area (Å²) in [7, 11) is -1.72. The fourth-order valence-corrected chi connectivity index (χ4v) is 2.61. The van der Waals surface area contributed by atoms with Crippen LogP contribution in [0.2, 0.25) is 0 Å². The highest BCUT2D eigenvalue weighted by Crippen LogP contribution is 2.17. The van der Waals surface area contributed by atoms with Gasteiger partial charge in [-0.05, 0) is 5.41 Å². The Morgan fingerprint density at radius 3 is 2.08 bits per heavy atom. The molecule has 0 spiro atoms. The Labute approximate surface area is 80.6 Å². The van der Waals surface area contributed by atoms with Gasteiger partial charge in [0.2, 0.25) is 10.0 Å². The lowest BCUT2D eigenvalue weighted by Crippen LogP contribution is -2.35. The van der Waals surface area contributed by atoms with Gasteiger partial charge in [0.1, 0.15) is 0 Å². The lowest BCUT2D eigenvalue weighted by atomic mass is 10.0. The number of nitrogens with zero attached hydrogens (tertiary/aromatic N) is 1. The van der Waals surface area contributed by atoms with E-state index in [0.29, 0.717) is 0 Å². The molecule has 0 aliphatic rings. The van der Waals surface area contributed by atoms with Crippen LogP contribution in [0.1, 0.15) is 20.8 Å². The van der Waals surface area contributed by atoms with Crippen molar-refractivity contribution in [2.45, 2.75) is 20.8 Å². The molecule has 0 rings (SSSR count). The molecule has 0 heterocycles. The largest absolute Gasteiger partial charge is 0.395 e. The Balaban J connectivity index is 4.41. The van der Waals surface area contributed by atoms with Crippen molar-refractivity contribution in [2.75, 3.05) is 26.0 Å². The summed E-state index contributed by atoms with van der Waals surface area (Å²) in [6, 6.07) is 0. The van der Waals surface area contributed by atoms with Crippen LogP contribution >= 0.6 is 0 Å². The molecule has 0 amide bonds. The molecule has 0 atom stereocenters. The number of rotatable bonds is 4. The van der Waals surface area contributed by atoms with Crippen molar-refractivity contribution < 1.29 is 13.5 Å². The maximum atomic E-state index is 11.6. The van der Waals surface area contributed by atoms with Gasteiger partial charge in [-0.25, -0.2) is 12.7 Å². The predicted octanol–water partition coefficient (Wildman–Crippen LogP) is 0.286. The summed E-state index contributed by atoms with van der Waals surface area (Å²) in [6.07, 6.45) is 0. The molecule has 5 heteroatoms. The highest BCUT2D eigenvalue weighted by atomic mass is 32.2. The molecule has 4 nitrogen and oxygen atoms in total. The third kappa shape index (κ3) is 5.23. The normalized spacial score (nSPS) is 13.7. The lowest BCUT2D eigenvalue weighted by molar-refractivity contribution is 0.265. The Morgan fingerprint density at radius 2 is 1.77 bits per heavy atom. The molecule has 1 N–H and O–H groups in total. The first-order valence-corrected chi connectivity index (χ1v) is 5.85. The fourth-order valence-electron chi connectivity index (χ4n) is 0.937. The highest BCUT2D eigenvalue weighted by molar-refractivity contribution is 7.89. The van der Waals surface area contributed by atoms with Crippen LogP contribution in [0.25, 0.3) is 0 Å². The van der Waals surface area contributed by atoms with E-state index in [1.807, 2.05) is 20.8 Å². The molecule has 0 bridgehead atoms. The van der Waals surface area contributed by atoms with Crippen molar-refractivity contribution >= 4 is 10.0 Å². The summed E-state index contributed by atoms with van der Waals surface area (Å²) in [4.78, 5) is 0. The molecule has 0 saturated heterocycles. The molecule has 0 saturated carbocycles. The van der Waals surface area contributed by atoms with E-state index < -0.39 is 10.0 Å². The Hall–Kier alpha value is -0.130. The van der Waals surface area contributed by atoms with Crippen molar-refractivity contribution in [1.82, 2.24) is 4.31 Å². The molecule has 0 unspecified atom stereocenters. The van der Waals surface area contributed by atoms with Crippen molar-refractivity contribution in [3.63, 3.8) is 0 Å². The van der Waals surface area contributed by atoms with E-state index in [2.05, 4.69) is 0 Å². The molecule has 0 aliphatic heterocycles. The van der Waals surface area contributed by atoms with E-state index in [4.69, 9.17) is 5.11 Å². The average Bonchev–Trinajstić information content (AvgIpc) is 1.82. The quantitative estimate of drug-likeness (QED) is 0.724. The van der Waals surface area contributed by atoms with Gasteiger partial charge >= 0.3 is 0 Å². The van der Waals surface area contributed by atoms with Gasteiger partial charge in [-0.2, -0.15) is 0 Å². The summed E-state index contributed by atoms with van der Waals surface area (Å²) in [5.41, 5.74) is -0.247. The topological polar surface area (TPSA) is 57.6 Å². The maximum Gasteiger partial charge on any atom is 0.214 e. The van der Waals surface area contributed by atoms with Crippen molar-refractivity contribution in [1.29, 1.82) is 0 Å². The van der Waals surface area contributed by atoms with E-state index in [1.165, 1.54) is 11.4 Å². The van der Waals surface area contributed by atoms with Crippen LogP contribution in [0.5, 0.6) is 0 Å². The number of likely N-dealkylation sites (N-methyl/N-ethyl adjacent to an activating group) is 1. The number of aliphatic hydroxyl groups excluding tert-OH is 1. The van der Waals surface area contributed by atoms with Gasteiger partial charge in [0, 0.05) is 13.6 Å². The van der Waals surface area contributed by atoms with E-state index >= 15 is 0 Å². The molecular formula is C8H19NO3S. The van der Waals surface area contributed by atoms with Crippen LogP contribution in [0.3, 0.4) is 0 Å². The Morgan fingerprint density at radius 1 is 1.31 bits per heavy atom. The maximum absolute atomic E-state index is 11.6. The SMILES string of the molecule is CN(CCO)S(=O)(=O)CC(C)(C)C.